The monoisotopic (exact) mass is 452 g/mol. The van der Waals surface area contributed by atoms with E-state index in [0.717, 1.165) is 12.8 Å². The number of amides is 1. The van der Waals surface area contributed by atoms with Crippen LogP contribution < -0.4 is 14.8 Å². The molecular weight excluding hydrogens is 428 g/mol. The Bertz CT molecular complexity index is 989. The van der Waals surface area contributed by atoms with Crippen LogP contribution >= 0.6 is 11.6 Å². The molecule has 1 amide bonds. The van der Waals surface area contributed by atoms with Gasteiger partial charge in [-0.15, -0.1) is 0 Å². The first-order chi connectivity index (χ1) is 14.3. The van der Waals surface area contributed by atoms with Crippen LogP contribution in [0.25, 0.3) is 0 Å². The first-order valence-electron chi connectivity index (χ1n) is 9.81. The molecule has 0 bridgehead atoms. The van der Waals surface area contributed by atoms with Gasteiger partial charge in [-0.05, 0) is 69.2 Å². The number of hydrogen-bond acceptors (Lipinski definition) is 5. The third-order valence-electron chi connectivity index (χ3n) is 4.69. The third-order valence-corrected chi connectivity index (χ3v) is 6.86. The standard InChI is InChI=1S/C21H25ClN2O5S/c1-3-28-19-11-8-17(14-20(19)30(26,27)24-12-4-5-13-24)23-21(25)15(2)29-18-9-6-16(22)7-10-18/h6-11,14-15H,3-5,12-13H2,1-2H3,(H,23,25). The van der Waals surface area contributed by atoms with Crippen LogP contribution in [0.15, 0.2) is 47.4 Å². The zero-order valence-corrected chi connectivity index (χ0v) is 18.5. The highest BCUT2D eigenvalue weighted by atomic mass is 35.5. The molecule has 0 aliphatic carbocycles. The summed E-state index contributed by atoms with van der Waals surface area (Å²) in [6.07, 6.45) is 0.870. The molecule has 0 spiro atoms. The van der Waals surface area contributed by atoms with E-state index >= 15 is 0 Å². The molecule has 30 heavy (non-hydrogen) atoms. The summed E-state index contributed by atoms with van der Waals surface area (Å²) in [5.41, 5.74) is 0.354. The minimum Gasteiger partial charge on any atom is -0.492 e. The molecule has 7 nitrogen and oxygen atoms in total. The fraction of sp³-hybridized carbons (Fsp3) is 0.381. The van der Waals surface area contributed by atoms with Crippen molar-refractivity contribution in [1.29, 1.82) is 0 Å². The lowest BCUT2D eigenvalue weighted by Crippen LogP contribution is -2.31. The molecule has 1 heterocycles. The maximum atomic E-state index is 13.1. The van der Waals surface area contributed by atoms with Crippen molar-refractivity contribution in [2.45, 2.75) is 37.7 Å². The van der Waals surface area contributed by atoms with Crippen molar-refractivity contribution in [1.82, 2.24) is 4.31 Å². The van der Waals surface area contributed by atoms with Gasteiger partial charge in [0.05, 0.1) is 6.61 Å². The number of nitrogens with zero attached hydrogens (tertiary/aromatic N) is 1. The van der Waals surface area contributed by atoms with Crippen LogP contribution in [0.4, 0.5) is 5.69 Å². The van der Waals surface area contributed by atoms with E-state index in [1.54, 1.807) is 50.2 Å². The SMILES string of the molecule is CCOc1ccc(NC(=O)C(C)Oc2ccc(Cl)cc2)cc1S(=O)(=O)N1CCCC1. The van der Waals surface area contributed by atoms with E-state index in [1.165, 1.54) is 10.4 Å². The molecule has 9 heteroatoms. The minimum atomic E-state index is -3.71. The Morgan fingerprint density at radius 2 is 1.83 bits per heavy atom. The highest BCUT2D eigenvalue weighted by molar-refractivity contribution is 7.89. The Kier molecular flexibility index (Phi) is 7.23. The molecule has 1 unspecified atom stereocenters. The number of hydrogen-bond donors (Lipinski definition) is 1. The second kappa shape index (κ2) is 9.68. The normalized spacial score (nSPS) is 15.6. The third kappa shape index (κ3) is 5.24. The number of halogens is 1. The van der Waals surface area contributed by atoms with Gasteiger partial charge < -0.3 is 14.8 Å². The Labute approximate surface area is 182 Å². The van der Waals surface area contributed by atoms with Crippen LogP contribution in [0.5, 0.6) is 11.5 Å². The zero-order valence-electron chi connectivity index (χ0n) is 16.9. The molecule has 0 saturated carbocycles. The second-order valence-electron chi connectivity index (χ2n) is 6.91. The minimum absolute atomic E-state index is 0.0512. The molecule has 0 aromatic heterocycles. The molecule has 1 fully saturated rings. The number of nitrogens with one attached hydrogen (secondary N) is 1. The number of carbonyl (C=O) groups is 1. The van der Waals surface area contributed by atoms with E-state index < -0.39 is 22.0 Å². The molecule has 3 rings (SSSR count). The summed E-state index contributed by atoms with van der Waals surface area (Å²) in [6, 6.07) is 11.3. The van der Waals surface area contributed by atoms with Crippen molar-refractivity contribution in [3.8, 4) is 11.5 Å². The Balaban J connectivity index is 1.78. The molecule has 0 radical (unpaired) electrons. The van der Waals surface area contributed by atoms with Crippen LogP contribution in [0, 0.1) is 0 Å². The summed E-state index contributed by atoms with van der Waals surface area (Å²) >= 11 is 5.85. The maximum absolute atomic E-state index is 13.1. The molecule has 162 valence electrons. The Morgan fingerprint density at radius 1 is 1.17 bits per heavy atom. The van der Waals surface area contributed by atoms with Gasteiger partial charge in [-0.1, -0.05) is 11.6 Å². The zero-order chi connectivity index (χ0) is 21.7. The van der Waals surface area contributed by atoms with Gasteiger partial charge >= 0.3 is 0 Å². The van der Waals surface area contributed by atoms with Crippen LogP contribution in [-0.4, -0.2) is 44.4 Å². The number of rotatable bonds is 8. The lowest BCUT2D eigenvalue weighted by atomic mass is 10.2. The molecule has 1 N–H and O–H groups in total. The van der Waals surface area contributed by atoms with E-state index in [-0.39, 0.29) is 10.6 Å². The van der Waals surface area contributed by atoms with Gasteiger partial charge in [-0.3, -0.25) is 4.79 Å². The summed E-state index contributed by atoms with van der Waals surface area (Å²) in [4.78, 5) is 12.6. The van der Waals surface area contributed by atoms with Crippen molar-refractivity contribution in [2.75, 3.05) is 25.0 Å². The summed E-state index contributed by atoms with van der Waals surface area (Å²) in [7, 11) is -3.71. The lowest BCUT2D eigenvalue weighted by Gasteiger charge is -2.20. The van der Waals surface area contributed by atoms with Crippen molar-refractivity contribution in [2.24, 2.45) is 0 Å². The van der Waals surface area contributed by atoms with Gasteiger partial charge in [0.2, 0.25) is 10.0 Å². The van der Waals surface area contributed by atoms with Crippen molar-refractivity contribution < 1.29 is 22.7 Å². The smallest absolute Gasteiger partial charge is 0.265 e. The molecule has 1 aliphatic heterocycles. The van der Waals surface area contributed by atoms with E-state index in [1.807, 2.05) is 0 Å². The topological polar surface area (TPSA) is 84.9 Å². The summed E-state index contributed by atoms with van der Waals surface area (Å²) in [6.45, 7) is 4.70. The van der Waals surface area contributed by atoms with Crippen molar-refractivity contribution in [3.05, 3.63) is 47.5 Å². The van der Waals surface area contributed by atoms with E-state index in [0.29, 0.717) is 36.2 Å². The van der Waals surface area contributed by atoms with Crippen LogP contribution in [0.1, 0.15) is 26.7 Å². The number of ether oxygens (including phenoxy) is 2. The number of anilines is 1. The van der Waals surface area contributed by atoms with Crippen molar-refractivity contribution in [3.63, 3.8) is 0 Å². The molecule has 1 saturated heterocycles. The molecular formula is C21H25ClN2O5S. The van der Waals surface area contributed by atoms with E-state index in [2.05, 4.69) is 5.32 Å². The summed E-state index contributed by atoms with van der Waals surface area (Å²) in [5.74, 6) is 0.373. The number of carbonyl (C=O) groups excluding carboxylic acids is 1. The second-order valence-corrected chi connectivity index (χ2v) is 9.25. The quantitative estimate of drug-likeness (QED) is 0.656. The van der Waals surface area contributed by atoms with Crippen molar-refractivity contribution >= 4 is 33.2 Å². The van der Waals surface area contributed by atoms with Gasteiger partial charge in [0.25, 0.3) is 5.91 Å². The van der Waals surface area contributed by atoms with Gasteiger partial charge in [0.1, 0.15) is 16.4 Å². The molecule has 2 aromatic carbocycles. The average Bonchev–Trinajstić information content (AvgIpc) is 3.26. The summed E-state index contributed by atoms with van der Waals surface area (Å²) < 4.78 is 38.7. The Hall–Kier alpha value is -2.29. The number of benzene rings is 2. The van der Waals surface area contributed by atoms with Gasteiger partial charge in [0.15, 0.2) is 6.10 Å². The molecule has 1 atom stereocenters. The van der Waals surface area contributed by atoms with Crippen LogP contribution in [-0.2, 0) is 14.8 Å². The predicted molar refractivity (Wildman–Crippen MR) is 116 cm³/mol. The van der Waals surface area contributed by atoms with E-state index in [9.17, 15) is 13.2 Å². The highest BCUT2D eigenvalue weighted by Gasteiger charge is 2.30. The Morgan fingerprint density at radius 3 is 2.47 bits per heavy atom. The average molecular weight is 453 g/mol. The predicted octanol–water partition coefficient (Wildman–Crippen LogP) is 3.93. The first kappa shape index (κ1) is 22.4. The van der Waals surface area contributed by atoms with E-state index in [4.69, 9.17) is 21.1 Å². The van der Waals surface area contributed by atoms with Gasteiger partial charge in [-0.25, -0.2) is 8.42 Å². The number of sulfonamides is 1. The molecule has 1 aliphatic rings. The summed E-state index contributed by atoms with van der Waals surface area (Å²) in [5, 5.41) is 3.29. The fourth-order valence-corrected chi connectivity index (χ4v) is 4.94. The highest BCUT2D eigenvalue weighted by Crippen LogP contribution is 2.31. The van der Waals surface area contributed by atoms with Gasteiger partial charge in [0, 0.05) is 23.8 Å². The van der Waals surface area contributed by atoms with Crippen LogP contribution in [0.3, 0.4) is 0 Å². The van der Waals surface area contributed by atoms with Gasteiger partial charge in [-0.2, -0.15) is 4.31 Å². The lowest BCUT2D eigenvalue weighted by molar-refractivity contribution is -0.122. The maximum Gasteiger partial charge on any atom is 0.265 e. The largest absolute Gasteiger partial charge is 0.492 e. The van der Waals surface area contributed by atoms with Crippen LogP contribution in [0.2, 0.25) is 5.02 Å². The first-order valence-corrected chi connectivity index (χ1v) is 11.6. The molecule has 2 aromatic rings. The fourth-order valence-electron chi connectivity index (χ4n) is 3.14.